The van der Waals surface area contributed by atoms with Gasteiger partial charge in [0.05, 0.1) is 0 Å². The Morgan fingerprint density at radius 2 is 1.39 bits per heavy atom. The Bertz CT molecular complexity index is 1170. The van der Waals surface area contributed by atoms with Crippen molar-refractivity contribution in [3.05, 3.63) is 66.7 Å². The van der Waals surface area contributed by atoms with Gasteiger partial charge in [-0.1, -0.05) is 48.5 Å². The van der Waals surface area contributed by atoms with Crippen LogP contribution < -0.4 is 4.74 Å². The quantitative estimate of drug-likeness (QED) is 0.280. The average Bonchev–Trinajstić information content (AvgIpc) is 2.60. The fraction of sp³-hybridized carbons (Fsp3) is 0.0476. The Labute approximate surface area is 132 Å². The third kappa shape index (κ3) is 1.67. The molecule has 2 nitrogen and oxygen atoms in total. The lowest BCUT2D eigenvalue weighted by molar-refractivity contribution is 0.100. The maximum atomic E-state index is 9.14. The van der Waals surface area contributed by atoms with E-state index in [9.17, 15) is 0 Å². The van der Waals surface area contributed by atoms with E-state index in [1.807, 2.05) is 6.07 Å². The van der Waals surface area contributed by atoms with Crippen molar-refractivity contribution in [3.8, 4) is 5.75 Å². The molecule has 1 N–H and O–H groups in total. The lowest BCUT2D eigenvalue weighted by Crippen LogP contribution is -1.96. The normalized spacial score (nSPS) is 11.9. The van der Waals surface area contributed by atoms with E-state index < -0.39 is 0 Å². The van der Waals surface area contributed by atoms with Crippen molar-refractivity contribution >= 4 is 43.1 Å². The van der Waals surface area contributed by atoms with Crippen LogP contribution in [0.5, 0.6) is 5.75 Å². The Balaban J connectivity index is 2.08. The molecular formula is C21H14O2. The van der Waals surface area contributed by atoms with Crippen molar-refractivity contribution in [1.82, 2.24) is 0 Å². The van der Waals surface area contributed by atoms with Gasteiger partial charge in [-0.2, -0.15) is 0 Å². The summed E-state index contributed by atoms with van der Waals surface area (Å²) in [7, 11) is 0. The zero-order chi connectivity index (χ0) is 15.4. The van der Waals surface area contributed by atoms with Crippen LogP contribution in [-0.2, 0) is 0 Å². The molecule has 0 amide bonds. The van der Waals surface area contributed by atoms with E-state index in [0.717, 1.165) is 11.1 Å². The number of hydrogen-bond donors (Lipinski definition) is 1. The van der Waals surface area contributed by atoms with Gasteiger partial charge in [-0.25, -0.2) is 0 Å². The Kier molecular flexibility index (Phi) is 2.52. The van der Waals surface area contributed by atoms with Crippen molar-refractivity contribution < 1.29 is 9.84 Å². The molecule has 5 aromatic carbocycles. The van der Waals surface area contributed by atoms with E-state index in [1.54, 1.807) is 0 Å². The molecule has 0 atom stereocenters. The highest BCUT2D eigenvalue weighted by molar-refractivity contribution is 6.29. The Morgan fingerprint density at radius 1 is 0.652 bits per heavy atom. The maximum Gasteiger partial charge on any atom is 0.186 e. The highest BCUT2D eigenvalue weighted by Gasteiger charge is 2.13. The van der Waals surface area contributed by atoms with E-state index in [4.69, 9.17) is 9.84 Å². The van der Waals surface area contributed by atoms with Crippen LogP contribution in [0, 0.1) is 0 Å². The molecule has 0 aliphatic heterocycles. The minimum atomic E-state index is -0.313. The number of aliphatic hydroxyl groups is 1. The molecular weight excluding hydrogens is 284 g/mol. The molecule has 0 spiro atoms. The van der Waals surface area contributed by atoms with Gasteiger partial charge in [0.1, 0.15) is 5.75 Å². The Hall–Kier alpha value is -2.84. The summed E-state index contributed by atoms with van der Waals surface area (Å²) < 4.78 is 5.41. The van der Waals surface area contributed by atoms with Crippen molar-refractivity contribution in [1.29, 1.82) is 0 Å². The summed E-state index contributed by atoms with van der Waals surface area (Å²) in [5.41, 5.74) is 0. The smallest absolute Gasteiger partial charge is 0.186 e. The number of hydrogen-bond acceptors (Lipinski definition) is 2. The molecule has 0 aliphatic carbocycles. The van der Waals surface area contributed by atoms with Gasteiger partial charge in [0, 0.05) is 10.8 Å². The van der Waals surface area contributed by atoms with Gasteiger partial charge in [0.15, 0.2) is 6.79 Å². The van der Waals surface area contributed by atoms with Crippen LogP contribution >= 0.6 is 0 Å². The van der Waals surface area contributed by atoms with E-state index in [0.29, 0.717) is 0 Å². The summed E-state index contributed by atoms with van der Waals surface area (Å²) in [6.07, 6.45) is 0. The second-order valence-corrected chi connectivity index (χ2v) is 5.86. The van der Waals surface area contributed by atoms with Gasteiger partial charge >= 0.3 is 0 Å². The number of benzene rings is 5. The summed E-state index contributed by atoms with van der Waals surface area (Å²) >= 11 is 0. The summed E-state index contributed by atoms with van der Waals surface area (Å²) in [4.78, 5) is 0. The van der Waals surface area contributed by atoms with E-state index >= 15 is 0 Å². The van der Waals surface area contributed by atoms with Crippen molar-refractivity contribution in [2.45, 2.75) is 0 Å². The molecule has 110 valence electrons. The summed E-state index contributed by atoms with van der Waals surface area (Å²) in [6, 6.07) is 23.3. The second-order valence-electron chi connectivity index (χ2n) is 5.86. The van der Waals surface area contributed by atoms with E-state index in [1.165, 1.54) is 37.7 Å². The minimum Gasteiger partial charge on any atom is -0.467 e. The zero-order valence-corrected chi connectivity index (χ0v) is 12.4. The monoisotopic (exact) mass is 298 g/mol. The first-order valence-corrected chi connectivity index (χ1v) is 7.70. The van der Waals surface area contributed by atoms with Crippen molar-refractivity contribution in [2.75, 3.05) is 6.79 Å². The first-order chi connectivity index (χ1) is 11.4. The van der Waals surface area contributed by atoms with Gasteiger partial charge < -0.3 is 9.84 Å². The van der Waals surface area contributed by atoms with E-state index in [-0.39, 0.29) is 6.79 Å². The highest BCUT2D eigenvalue weighted by atomic mass is 16.6. The molecule has 0 aliphatic rings. The molecule has 23 heavy (non-hydrogen) atoms. The van der Waals surface area contributed by atoms with Gasteiger partial charge in [-0.05, 0) is 50.5 Å². The molecule has 0 saturated heterocycles. The molecule has 0 bridgehead atoms. The second kappa shape index (κ2) is 4.58. The molecule has 0 aromatic heterocycles. The molecule has 0 heterocycles. The first kappa shape index (κ1) is 12.7. The Morgan fingerprint density at radius 3 is 2.30 bits per heavy atom. The van der Waals surface area contributed by atoms with Crippen molar-refractivity contribution in [2.24, 2.45) is 0 Å². The summed E-state index contributed by atoms with van der Waals surface area (Å²) in [6.45, 7) is -0.313. The van der Waals surface area contributed by atoms with Crippen LogP contribution in [0.25, 0.3) is 43.1 Å². The molecule has 0 radical (unpaired) electrons. The molecule has 5 rings (SSSR count). The fourth-order valence-electron chi connectivity index (χ4n) is 3.72. The van der Waals surface area contributed by atoms with Gasteiger partial charge in [0.2, 0.25) is 0 Å². The predicted octanol–water partition coefficient (Wildman–Crippen LogP) is 5.07. The van der Waals surface area contributed by atoms with Crippen LogP contribution in [0.15, 0.2) is 66.7 Å². The SMILES string of the molecule is OCOc1ccc2ccc3cc4ccccc4c4ccc1c2c34. The molecule has 0 unspecified atom stereocenters. The predicted molar refractivity (Wildman–Crippen MR) is 95.4 cm³/mol. The third-order valence-corrected chi connectivity index (χ3v) is 4.69. The lowest BCUT2D eigenvalue weighted by Gasteiger charge is -2.15. The molecule has 2 heteroatoms. The van der Waals surface area contributed by atoms with Gasteiger partial charge in [0.25, 0.3) is 0 Å². The fourth-order valence-corrected chi connectivity index (χ4v) is 3.72. The number of rotatable bonds is 2. The van der Waals surface area contributed by atoms with Gasteiger partial charge in [-0.15, -0.1) is 0 Å². The standard InChI is InChI=1S/C21H14O2/c22-12-23-19-10-7-13-5-6-15-11-14-3-1-2-4-16(14)17-8-9-18(19)20(13)21(15)17/h1-11,22H,12H2. The van der Waals surface area contributed by atoms with E-state index in [2.05, 4.69) is 60.7 Å². The van der Waals surface area contributed by atoms with Crippen LogP contribution in [0.2, 0.25) is 0 Å². The first-order valence-electron chi connectivity index (χ1n) is 7.70. The summed E-state index contributed by atoms with van der Waals surface area (Å²) in [5, 5.41) is 18.9. The summed E-state index contributed by atoms with van der Waals surface area (Å²) in [5.74, 6) is 0.725. The highest BCUT2D eigenvalue weighted by Crippen LogP contribution is 2.41. The molecule has 0 fully saturated rings. The zero-order valence-electron chi connectivity index (χ0n) is 12.4. The maximum absolute atomic E-state index is 9.14. The lowest BCUT2D eigenvalue weighted by atomic mass is 9.91. The van der Waals surface area contributed by atoms with Crippen LogP contribution in [0.4, 0.5) is 0 Å². The van der Waals surface area contributed by atoms with Crippen molar-refractivity contribution in [3.63, 3.8) is 0 Å². The number of aliphatic hydroxyl groups excluding tert-OH is 1. The number of ether oxygens (including phenoxy) is 1. The number of fused-ring (bicyclic) bond motifs is 2. The van der Waals surface area contributed by atoms with Crippen LogP contribution in [0.3, 0.4) is 0 Å². The van der Waals surface area contributed by atoms with Gasteiger partial charge in [-0.3, -0.25) is 0 Å². The topological polar surface area (TPSA) is 29.5 Å². The van der Waals surface area contributed by atoms with Crippen LogP contribution in [0.1, 0.15) is 0 Å². The largest absolute Gasteiger partial charge is 0.467 e. The average molecular weight is 298 g/mol. The van der Waals surface area contributed by atoms with Crippen LogP contribution in [-0.4, -0.2) is 11.9 Å². The minimum absolute atomic E-state index is 0.313. The third-order valence-electron chi connectivity index (χ3n) is 4.69. The molecule has 5 aromatic rings. The molecule has 0 saturated carbocycles.